The highest BCUT2D eigenvalue weighted by molar-refractivity contribution is 4.90. The summed E-state index contributed by atoms with van der Waals surface area (Å²) < 4.78 is 5.72. The van der Waals surface area contributed by atoms with E-state index in [-0.39, 0.29) is 0 Å². The lowest BCUT2D eigenvalue weighted by atomic mass is 9.81. The van der Waals surface area contributed by atoms with Crippen molar-refractivity contribution in [2.75, 3.05) is 13.2 Å². The molecule has 2 heteroatoms. The van der Waals surface area contributed by atoms with Crippen LogP contribution in [0.1, 0.15) is 66.2 Å². The molecule has 0 atom stereocenters. The first-order chi connectivity index (χ1) is 9.10. The van der Waals surface area contributed by atoms with Crippen LogP contribution in [0.15, 0.2) is 0 Å². The molecule has 0 bridgehead atoms. The molecule has 2 aliphatic carbocycles. The van der Waals surface area contributed by atoms with E-state index in [1.54, 1.807) is 0 Å². The van der Waals surface area contributed by atoms with Crippen molar-refractivity contribution in [2.45, 2.75) is 84.4 Å². The van der Waals surface area contributed by atoms with E-state index >= 15 is 0 Å². The molecular formula is C17H33NO. The minimum absolute atomic E-state index is 0.544. The molecule has 0 N–H and O–H groups in total. The Morgan fingerprint density at radius 2 is 1.74 bits per heavy atom. The molecule has 0 saturated heterocycles. The lowest BCUT2D eigenvalue weighted by Gasteiger charge is -2.46. The van der Waals surface area contributed by atoms with Gasteiger partial charge in [-0.15, -0.1) is 0 Å². The Bertz CT molecular complexity index is 252. The van der Waals surface area contributed by atoms with Crippen LogP contribution >= 0.6 is 0 Å². The molecule has 0 amide bonds. The van der Waals surface area contributed by atoms with Gasteiger partial charge in [-0.1, -0.05) is 19.8 Å². The molecule has 0 heterocycles. The van der Waals surface area contributed by atoms with Crippen molar-refractivity contribution >= 4 is 0 Å². The summed E-state index contributed by atoms with van der Waals surface area (Å²) in [6, 6.07) is 1.47. The van der Waals surface area contributed by atoms with Crippen LogP contribution in [0, 0.1) is 11.8 Å². The monoisotopic (exact) mass is 267 g/mol. The van der Waals surface area contributed by atoms with Gasteiger partial charge in [0.15, 0.2) is 0 Å². The van der Waals surface area contributed by atoms with E-state index in [2.05, 4.69) is 32.6 Å². The largest absolute Gasteiger partial charge is 0.378 e. The zero-order chi connectivity index (χ0) is 13.8. The van der Waals surface area contributed by atoms with E-state index in [1.807, 2.05) is 0 Å². The summed E-state index contributed by atoms with van der Waals surface area (Å²) in [4.78, 5) is 2.76. The molecule has 0 aromatic heterocycles. The van der Waals surface area contributed by atoms with Crippen LogP contribution in [0.5, 0.6) is 0 Å². The van der Waals surface area contributed by atoms with Crippen molar-refractivity contribution in [1.29, 1.82) is 0 Å². The molecule has 2 nitrogen and oxygen atoms in total. The van der Waals surface area contributed by atoms with Gasteiger partial charge in [-0.25, -0.2) is 0 Å². The molecule has 0 spiro atoms. The minimum atomic E-state index is 0.544. The van der Waals surface area contributed by atoms with Crippen molar-refractivity contribution < 1.29 is 4.74 Å². The molecule has 112 valence electrons. The molecule has 0 aliphatic heterocycles. The maximum Gasteiger partial charge on any atom is 0.0604 e. The average molecular weight is 267 g/mol. The fourth-order valence-corrected chi connectivity index (χ4v) is 3.77. The Labute approximate surface area is 119 Å². The first-order valence-corrected chi connectivity index (χ1v) is 8.47. The zero-order valence-electron chi connectivity index (χ0n) is 13.4. The van der Waals surface area contributed by atoms with Crippen LogP contribution in [0.2, 0.25) is 0 Å². The first kappa shape index (κ1) is 15.3. The molecule has 0 aromatic carbocycles. The summed E-state index contributed by atoms with van der Waals surface area (Å²) in [5, 5.41) is 0. The Kier molecular flexibility index (Phi) is 5.70. The third-order valence-electron chi connectivity index (χ3n) is 5.21. The predicted octanol–water partition coefficient (Wildman–Crippen LogP) is 4.09. The molecule has 19 heavy (non-hydrogen) atoms. The number of rotatable bonds is 6. The third-order valence-corrected chi connectivity index (χ3v) is 5.21. The standard InChI is InChI=1S/C17H33NO/c1-5-19-17-10-16(11-17)18(13(2)3)12-15-8-6-14(4)7-9-15/h13-17H,5-12H2,1-4H3. The van der Waals surface area contributed by atoms with E-state index < -0.39 is 0 Å². The Morgan fingerprint density at radius 3 is 2.26 bits per heavy atom. The Hall–Kier alpha value is -0.0800. The summed E-state index contributed by atoms with van der Waals surface area (Å²) >= 11 is 0. The van der Waals surface area contributed by atoms with Gasteiger partial charge in [-0.3, -0.25) is 4.90 Å². The Balaban J connectivity index is 1.77. The van der Waals surface area contributed by atoms with Gasteiger partial charge >= 0.3 is 0 Å². The van der Waals surface area contributed by atoms with Crippen LogP contribution in [0.3, 0.4) is 0 Å². The highest BCUT2D eigenvalue weighted by atomic mass is 16.5. The van der Waals surface area contributed by atoms with Gasteiger partial charge in [0.05, 0.1) is 6.10 Å². The third kappa shape index (κ3) is 4.19. The number of hydrogen-bond acceptors (Lipinski definition) is 2. The fourth-order valence-electron chi connectivity index (χ4n) is 3.77. The fraction of sp³-hybridized carbons (Fsp3) is 1.00. The second-order valence-electron chi connectivity index (χ2n) is 7.12. The van der Waals surface area contributed by atoms with Gasteiger partial charge in [0.25, 0.3) is 0 Å². The van der Waals surface area contributed by atoms with Crippen LogP contribution in [-0.4, -0.2) is 36.2 Å². The number of nitrogens with zero attached hydrogens (tertiary/aromatic N) is 1. The topological polar surface area (TPSA) is 12.5 Å². The lowest BCUT2D eigenvalue weighted by Crippen LogP contribution is -2.52. The van der Waals surface area contributed by atoms with Gasteiger partial charge in [-0.2, -0.15) is 0 Å². The highest BCUT2D eigenvalue weighted by Crippen LogP contribution is 2.34. The summed E-state index contributed by atoms with van der Waals surface area (Å²) in [6.07, 6.45) is 8.86. The molecular weight excluding hydrogens is 234 g/mol. The molecule has 0 unspecified atom stereocenters. The molecule has 2 aliphatic rings. The number of ether oxygens (including phenoxy) is 1. The summed E-state index contributed by atoms with van der Waals surface area (Å²) in [7, 11) is 0. The van der Waals surface area contributed by atoms with E-state index in [9.17, 15) is 0 Å². The maximum atomic E-state index is 5.72. The SMILES string of the molecule is CCOC1CC(N(CC2CCC(C)CC2)C(C)C)C1. The average Bonchev–Trinajstić information content (AvgIpc) is 2.33. The summed E-state index contributed by atoms with van der Waals surface area (Å²) in [6.45, 7) is 11.4. The van der Waals surface area contributed by atoms with Crippen LogP contribution in [0.4, 0.5) is 0 Å². The summed E-state index contributed by atoms with van der Waals surface area (Å²) in [5.74, 6) is 1.92. The molecule has 2 rings (SSSR count). The predicted molar refractivity (Wildman–Crippen MR) is 81.4 cm³/mol. The zero-order valence-corrected chi connectivity index (χ0v) is 13.4. The van der Waals surface area contributed by atoms with Gasteiger partial charge in [0, 0.05) is 25.2 Å². The Morgan fingerprint density at radius 1 is 1.11 bits per heavy atom. The van der Waals surface area contributed by atoms with E-state index in [0.29, 0.717) is 12.1 Å². The van der Waals surface area contributed by atoms with Crippen molar-refractivity contribution in [3.8, 4) is 0 Å². The molecule has 2 saturated carbocycles. The normalized spacial score (nSPS) is 35.7. The second kappa shape index (κ2) is 7.08. The minimum Gasteiger partial charge on any atom is -0.378 e. The van der Waals surface area contributed by atoms with E-state index in [1.165, 1.54) is 45.1 Å². The molecule has 0 radical (unpaired) electrons. The first-order valence-electron chi connectivity index (χ1n) is 8.47. The van der Waals surface area contributed by atoms with Gasteiger partial charge < -0.3 is 4.74 Å². The smallest absolute Gasteiger partial charge is 0.0604 e. The van der Waals surface area contributed by atoms with Gasteiger partial charge in [0.1, 0.15) is 0 Å². The van der Waals surface area contributed by atoms with Crippen LogP contribution in [0.25, 0.3) is 0 Å². The lowest BCUT2D eigenvalue weighted by molar-refractivity contribution is -0.0593. The maximum absolute atomic E-state index is 5.72. The highest BCUT2D eigenvalue weighted by Gasteiger charge is 2.36. The van der Waals surface area contributed by atoms with Crippen molar-refractivity contribution in [3.05, 3.63) is 0 Å². The molecule has 2 fully saturated rings. The van der Waals surface area contributed by atoms with Crippen LogP contribution < -0.4 is 0 Å². The van der Waals surface area contributed by atoms with Crippen LogP contribution in [-0.2, 0) is 4.74 Å². The number of hydrogen-bond donors (Lipinski definition) is 0. The van der Waals surface area contributed by atoms with Gasteiger partial charge in [-0.05, 0) is 58.3 Å². The van der Waals surface area contributed by atoms with Crippen molar-refractivity contribution in [3.63, 3.8) is 0 Å². The van der Waals surface area contributed by atoms with E-state index in [0.717, 1.165) is 24.5 Å². The van der Waals surface area contributed by atoms with Gasteiger partial charge in [0.2, 0.25) is 0 Å². The molecule has 0 aromatic rings. The summed E-state index contributed by atoms with van der Waals surface area (Å²) in [5.41, 5.74) is 0. The quantitative estimate of drug-likeness (QED) is 0.718. The van der Waals surface area contributed by atoms with Crippen molar-refractivity contribution in [2.24, 2.45) is 11.8 Å². The second-order valence-corrected chi connectivity index (χ2v) is 7.12. The van der Waals surface area contributed by atoms with E-state index in [4.69, 9.17) is 4.74 Å². The van der Waals surface area contributed by atoms with Crippen molar-refractivity contribution in [1.82, 2.24) is 4.90 Å².